The molecule has 0 atom stereocenters. The van der Waals surface area contributed by atoms with Crippen molar-refractivity contribution in [3.8, 4) is 0 Å². The largest absolute Gasteiger partial charge is 0.448 e. The molecule has 1 aliphatic heterocycles. The third-order valence-corrected chi connectivity index (χ3v) is 2.74. The Morgan fingerprint density at radius 1 is 1.64 bits per heavy atom. The van der Waals surface area contributed by atoms with Crippen LogP contribution < -0.4 is 0 Å². The lowest BCUT2D eigenvalue weighted by Gasteiger charge is -2.12. The molecule has 0 N–H and O–H groups in total. The third kappa shape index (κ3) is 1.87. The average Bonchev–Trinajstić information content (AvgIpc) is 2.56. The molecule has 0 spiro atoms. The highest BCUT2D eigenvalue weighted by molar-refractivity contribution is 9.10. The Labute approximate surface area is 90.0 Å². The molecular formula is C9H9BrN2O2. The minimum absolute atomic E-state index is 0.262. The van der Waals surface area contributed by atoms with Gasteiger partial charge in [0.05, 0.1) is 18.8 Å². The molecule has 1 aromatic heterocycles. The van der Waals surface area contributed by atoms with E-state index >= 15 is 0 Å². The van der Waals surface area contributed by atoms with Gasteiger partial charge >= 0.3 is 6.09 Å². The van der Waals surface area contributed by atoms with Gasteiger partial charge in [0.1, 0.15) is 6.61 Å². The number of cyclic esters (lactones) is 1. The van der Waals surface area contributed by atoms with Crippen LogP contribution in [0.25, 0.3) is 0 Å². The molecule has 1 aromatic rings. The zero-order valence-electron chi connectivity index (χ0n) is 7.44. The van der Waals surface area contributed by atoms with Gasteiger partial charge in [-0.15, -0.1) is 0 Å². The maximum absolute atomic E-state index is 11.2. The summed E-state index contributed by atoms with van der Waals surface area (Å²) >= 11 is 3.38. The number of nitrogens with zero attached hydrogens (tertiary/aromatic N) is 2. The molecule has 74 valence electrons. The Balaban J connectivity index is 2.10. The van der Waals surface area contributed by atoms with Gasteiger partial charge in [0.2, 0.25) is 0 Å². The van der Waals surface area contributed by atoms with E-state index in [9.17, 15) is 4.79 Å². The predicted octanol–water partition coefficient (Wildman–Crippen LogP) is 1.80. The van der Waals surface area contributed by atoms with Gasteiger partial charge in [-0.05, 0) is 28.1 Å². The molecule has 1 fully saturated rings. The summed E-state index contributed by atoms with van der Waals surface area (Å²) < 4.78 is 5.74. The first-order valence-electron chi connectivity index (χ1n) is 4.28. The Kier molecular flexibility index (Phi) is 2.67. The van der Waals surface area contributed by atoms with Gasteiger partial charge in [-0.25, -0.2) is 4.79 Å². The van der Waals surface area contributed by atoms with Crippen LogP contribution in [0.3, 0.4) is 0 Å². The maximum atomic E-state index is 11.2. The van der Waals surface area contributed by atoms with Crippen LogP contribution in [0.4, 0.5) is 4.79 Å². The number of rotatable bonds is 2. The summed E-state index contributed by atoms with van der Waals surface area (Å²) in [5.41, 5.74) is 0.853. The number of hydrogen-bond donors (Lipinski definition) is 0. The second-order valence-electron chi connectivity index (χ2n) is 2.97. The van der Waals surface area contributed by atoms with Crippen molar-refractivity contribution in [3.05, 3.63) is 28.5 Å². The lowest BCUT2D eigenvalue weighted by atomic mass is 10.3. The Hall–Kier alpha value is -1.10. The molecule has 1 amide bonds. The number of amides is 1. The predicted molar refractivity (Wildman–Crippen MR) is 53.7 cm³/mol. The second-order valence-corrected chi connectivity index (χ2v) is 3.82. The number of halogens is 1. The van der Waals surface area contributed by atoms with Gasteiger partial charge in [0, 0.05) is 10.7 Å². The fraction of sp³-hybridized carbons (Fsp3) is 0.333. The topological polar surface area (TPSA) is 42.4 Å². The second kappa shape index (κ2) is 3.96. The third-order valence-electron chi connectivity index (χ3n) is 2.02. The molecule has 0 aliphatic carbocycles. The minimum atomic E-state index is -0.262. The Morgan fingerprint density at radius 2 is 2.50 bits per heavy atom. The van der Waals surface area contributed by atoms with Crippen molar-refractivity contribution < 1.29 is 9.53 Å². The van der Waals surface area contributed by atoms with Gasteiger partial charge < -0.3 is 4.74 Å². The standard InChI is InChI=1S/C9H9BrN2O2/c10-7-2-1-3-11-8(7)6-12-4-5-14-9(12)13/h1-3H,4-6H2. The maximum Gasteiger partial charge on any atom is 0.410 e. The first-order chi connectivity index (χ1) is 6.77. The van der Waals surface area contributed by atoms with Gasteiger partial charge in [-0.3, -0.25) is 9.88 Å². The summed E-state index contributed by atoms with van der Waals surface area (Å²) in [6.45, 7) is 1.62. The molecule has 4 nitrogen and oxygen atoms in total. The smallest absolute Gasteiger partial charge is 0.410 e. The fourth-order valence-corrected chi connectivity index (χ4v) is 1.67. The summed E-state index contributed by atoms with van der Waals surface area (Å²) in [4.78, 5) is 17.0. The molecule has 0 radical (unpaired) electrons. The van der Waals surface area contributed by atoms with Gasteiger partial charge in [-0.2, -0.15) is 0 Å². The van der Waals surface area contributed by atoms with Gasteiger partial charge in [0.15, 0.2) is 0 Å². The minimum Gasteiger partial charge on any atom is -0.448 e. The van der Waals surface area contributed by atoms with Crippen LogP contribution in [-0.2, 0) is 11.3 Å². The Morgan fingerprint density at radius 3 is 3.14 bits per heavy atom. The number of hydrogen-bond acceptors (Lipinski definition) is 3. The van der Waals surface area contributed by atoms with Crippen molar-refractivity contribution in [2.45, 2.75) is 6.54 Å². The van der Waals surface area contributed by atoms with Crippen molar-refractivity contribution in [2.24, 2.45) is 0 Å². The van der Waals surface area contributed by atoms with E-state index < -0.39 is 0 Å². The van der Waals surface area contributed by atoms with E-state index in [0.29, 0.717) is 19.7 Å². The molecule has 2 heterocycles. The monoisotopic (exact) mass is 256 g/mol. The molecule has 2 rings (SSSR count). The van der Waals surface area contributed by atoms with E-state index in [1.54, 1.807) is 11.1 Å². The average molecular weight is 257 g/mol. The van der Waals surface area contributed by atoms with Gasteiger partial charge in [0.25, 0.3) is 0 Å². The normalized spacial score (nSPS) is 15.8. The van der Waals surface area contributed by atoms with E-state index in [1.807, 2.05) is 12.1 Å². The van der Waals surface area contributed by atoms with E-state index in [0.717, 1.165) is 10.2 Å². The zero-order chi connectivity index (χ0) is 9.97. The van der Waals surface area contributed by atoms with Crippen LogP contribution >= 0.6 is 15.9 Å². The molecule has 0 saturated carbocycles. The molecule has 1 saturated heterocycles. The number of carbonyl (C=O) groups excluding carboxylic acids is 1. The van der Waals surface area contributed by atoms with Crippen LogP contribution in [0.1, 0.15) is 5.69 Å². The quantitative estimate of drug-likeness (QED) is 0.811. The molecule has 0 unspecified atom stereocenters. The molecule has 1 aliphatic rings. The van der Waals surface area contributed by atoms with Crippen molar-refractivity contribution in [1.82, 2.24) is 9.88 Å². The van der Waals surface area contributed by atoms with Crippen LogP contribution in [-0.4, -0.2) is 29.1 Å². The van der Waals surface area contributed by atoms with E-state index in [1.165, 1.54) is 0 Å². The fourth-order valence-electron chi connectivity index (χ4n) is 1.28. The van der Waals surface area contributed by atoms with Crippen molar-refractivity contribution in [3.63, 3.8) is 0 Å². The lowest BCUT2D eigenvalue weighted by Crippen LogP contribution is -2.24. The first-order valence-corrected chi connectivity index (χ1v) is 5.08. The van der Waals surface area contributed by atoms with Crippen molar-refractivity contribution in [2.75, 3.05) is 13.2 Å². The summed E-state index contributed by atoms with van der Waals surface area (Å²) in [5, 5.41) is 0. The summed E-state index contributed by atoms with van der Waals surface area (Å²) in [6.07, 6.45) is 1.45. The Bertz CT molecular complexity index is 356. The molecule has 5 heteroatoms. The van der Waals surface area contributed by atoms with E-state index in [4.69, 9.17) is 4.74 Å². The molecule has 0 bridgehead atoms. The van der Waals surface area contributed by atoms with Crippen LogP contribution in [0, 0.1) is 0 Å². The highest BCUT2D eigenvalue weighted by Crippen LogP contribution is 2.16. The number of pyridine rings is 1. The zero-order valence-corrected chi connectivity index (χ0v) is 9.03. The van der Waals surface area contributed by atoms with Crippen molar-refractivity contribution >= 4 is 22.0 Å². The first kappa shape index (κ1) is 9.45. The van der Waals surface area contributed by atoms with Crippen LogP contribution in [0.2, 0.25) is 0 Å². The SMILES string of the molecule is O=C1OCCN1Cc1ncccc1Br. The molecule has 14 heavy (non-hydrogen) atoms. The molecular weight excluding hydrogens is 248 g/mol. The van der Waals surface area contributed by atoms with E-state index in [2.05, 4.69) is 20.9 Å². The van der Waals surface area contributed by atoms with E-state index in [-0.39, 0.29) is 6.09 Å². The number of carbonyl (C=O) groups is 1. The van der Waals surface area contributed by atoms with Crippen LogP contribution in [0.15, 0.2) is 22.8 Å². The number of aromatic nitrogens is 1. The lowest BCUT2D eigenvalue weighted by molar-refractivity contribution is 0.157. The van der Waals surface area contributed by atoms with Crippen LogP contribution in [0.5, 0.6) is 0 Å². The highest BCUT2D eigenvalue weighted by Gasteiger charge is 2.22. The highest BCUT2D eigenvalue weighted by atomic mass is 79.9. The van der Waals surface area contributed by atoms with Gasteiger partial charge in [-0.1, -0.05) is 0 Å². The summed E-state index contributed by atoms with van der Waals surface area (Å²) in [7, 11) is 0. The summed E-state index contributed by atoms with van der Waals surface area (Å²) in [5.74, 6) is 0. The molecule has 0 aromatic carbocycles. The summed E-state index contributed by atoms with van der Waals surface area (Å²) in [6, 6.07) is 3.75. The van der Waals surface area contributed by atoms with Crippen molar-refractivity contribution in [1.29, 1.82) is 0 Å². The number of ether oxygens (including phenoxy) is 1.